The molecule has 5 rings (SSSR count). The Labute approximate surface area is 178 Å². The van der Waals surface area contributed by atoms with Crippen LogP contribution in [-0.4, -0.2) is 29.6 Å². The number of fused-ring (bicyclic) bond motifs is 1. The lowest BCUT2D eigenvalue weighted by Crippen LogP contribution is -2.23. The Morgan fingerprint density at radius 1 is 0.900 bits per heavy atom. The predicted molar refractivity (Wildman–Crippen MR) is 118 cm³/mol. The van der Waals surface area contributed by atoms with E-state index in [1.165, 1.54) is 35.1 Å². The van der Waals surface area contributed by atoms with E-state index in [1.807, 2.05) is 13.1 Å². The summed E-state index contributed by atoms with van der Waals surface area (Å²) in [6, 6.07) is 20.2. The number of pyridine rings is 1. The maximum absolute atomic E-state index is 5.80. The second-order valence-electron chi connectivity index (χ2n) is 8.33. The lowest BCUT2D eigenvalue weighted by molar-refractivity contribution is 0.170. The topological polar surface area (TPSA) is 34.6 Å². The van der Waals surface area contributed by atoms with E-state index in [1.54, 1.807) is 0 Å². The number of hydrogen-bond acceptors (Lipinski definition) is 4. The van der Waals surface area contributed by atoms with Crippen molar-refractivity contribution in [3.8, 4) is 11.5 Å². The van der Waals surface area contributed by atoms with Crippen molar-refractivity contribution in [1.82, 2.24) is 9.88 Å². The zero-order valence-corrected chi connectivity index (χ0v) is 17.5. The Morgan fingerprint density at radius 2 is 1.67 bits per heavy atom. The molecule has 154 valence electrons. The van der Waals surface area contributed by atoms with Crippen LogP contribution in [0.5, 0.6) is 11.5 Å². The Balaban J connectivity index is 1.26. The van der Waals surface area contributed by atoms with Gasteiger partial charge in [-0.15, -0.1) is 0 Å². The molecule has 1 aromatic heterocycles. The zero-order valence-electron chi connectivity index (χ0n) is 17.5. The van der Waals surface area contributed by atoms with Crippen LogP contribution in [0.4, 0.5) is 0 Å². The standard InChI is InChI=1S/C26H28N2O2/c1-19-4-5-22(17-27-19)15-20-6-8-21(9-7-20)18-28-12-2-3-24(28)23-10-11-25-26(16-23)30-14-13-29-25/h4-11,16-17,24H,2-3,12-15,18H2,1H3/t24-/m1/s1. The van der Waals surface area contributed by atoms with Gasteiger partial charge >= 0.3 is 0 Å². The number of hydrogen-bond donors (Lipinski definition) is 0. The summed E-state index contributed by atoms with van der Waals surface area (Å²) >= 11 is 0. The number of rotatable bonds is 5. The van der Waals surface area contributed by atoms with E-state index in [0.717, 1.165) is 36.7 Å². The van der Waals surface area contributed by atoms with E-state index >= 15 is 0 Å². The summed E-state index contributed by atoms with van der Waals surface area (Å²) in [5.41, 5.74) is 6.35. The van der Waals surface area contributed by atoms with Crippen molar-refractivity contribution >= 4 is 0 Å². The lowest BCUT2D eigenvalue weighted by atomic mass is 10.0. The van der Waals surface area contributed by atoms with Gasteiger partial charge in [0.25, 0.3) is 0 Å². The van der Waals surface area contributed by atoms with Gasteiger partial charge in [0.2, 0.25) is 0 Å². The van der Waals surface area contributed by atoms with Crippen LogP contribution in [0.25, 0.3) is 0 Å². The lowest BCUT2D eigenvalue weighted by Gasteiger charge is -2.26. The highest BCUT2D eigenvalue weighted by molar-refractivity contribution is 5.45. The maximum atomic E-state index is 5.80. The minimum atomic E-state index is 0.444. The van der Waals surface area contributed by atoms with Gasteiger partial charge in [0.15, 0.2) is 11.5 Å². The summed E-state index contributed by atoms with van der Waals surface area (Å²) in [4.78, 5) is 6.99. The SMILES string of the molecule is Cc1ccc(Cc2ccc(CN3CCC[C@@H]3c3ccc4c(c3)OCCO4)cc2)cn1. The van der Waals surface area contributed by atoms with Crippen molar-refractivity contribution in [3.63, 3.8) is 0 Å². The van der Waals surface area contributed by atoms with Crippen molar-refractivity contribution in [2.75, 3.05) is 19.8 Å². The van der Waals surface area contributed by atoms with Crippen molar-refractivity contribution in [2.45, 2.75) is 38.8 Å². The number of benzene rings is 2. The molecule has 3 heterocycles. The average molecular weight is 401 g/mol. The summed E-state index contributed by atoms with van der Waals surface area (Å²) in [5, 5.41) is 0. The summed E-state index contributed by atoms with van der Waals surface area (Å²) in [7, 11) is 0. The van der Waals surface area contributed by atoms with E-state index in [2.05, 4.69) is 64.5 Å². The molecular weight excluding hydrogens is 372 g/mol. The van der Waals surface area contributed by atoms with Crippen molar-refractivity contribution < 1.29 is 9.47 Å². The minimum absolute atomic E-state index is 0.444. The normalized spacial score (nSPS) is 18.5. The summed E-state index contributed by atoms with van der Waals surface area (Å²) in [6.45, 7) is 5.41. The van der Waals surface area contributed by atoms with Gasteiger partial charge in [-0.1, -0.05) is 36.4 Å². The van der Waals surface area contributed by atoms with Crippen LogP contribution in [0.15, 0.2) is 60.8 Å². The Kier molecular flexibility index (Phi) is 5.41. The van der Waals surface area contributed by atoms with Gasteiger partial charge in [-0.25, -0.2) is 0 Å². The molecule has 0 unspecified atom stereocenters. The van der Waals surface area contributed by atoms with Crippen LogP contribution in [0, 0.1) is 6.92 Å². The first-order chi connectivity index (χ1) is 14.7. The first-order valence-electron chi connectivity index (χ1n) is 10.9. The summed E-state index contributed by atoms with van der Waals surface area (Å²) < 4.78 is 11.5. The molecule has 0 bridgehead atoms. The van der Waals surface area contributed by atoms with Gasteiger partial charge in [-0.3, -0.25) is 9.88 Å². The van der Waals surface area contributed by atoms with Gasteiger partial charge < -0.3 is 9.47 Å². The van der Waals surface area contributed by atoms with Crippen molar-refractivity contribution in [3.05, 3.63) is 88.7 Å². The molecule has 0 aliphatic carbocycles. The molecule has 4 nitrogen and oxygen atoms in total. The monoisotopic (exact) mass is 400 g/mol. The van der Waals surface area contributed by atoms with Crippen LogP contribution in [-0.2, 0) is 13.0 Å². The second-order valence-corrected chi connectivity index (χ2v) is 8.33. The largest absolute Gasteiger partial charge is 0.486 e. The van der Waals surface area contributed by atoms with Gasteiger partial charge in [-0.2, -0.15) is 0 Å². The fourth-order valence-corrected chi connectivity index (χ4v) is 4.50. The number of aromatic nitrogens is 1. The van der Waals surface area contributed by atoms with Crippen LogP contribution < -0.4 is 9.47 Å². The quantitative estimate of drug-likeness (QED) is 0.598. The zero-order chi connectivity index (χ0) is 20.3. The highest BCUT2D eigenvalue weighted by Crippen LogP contribution is 2.38. The van der Waals surface area contributed by atoms with E-state index in [4.69, 9.17) is 9.47 Å². The average Bonchev–Trinajstić information content (AvgIpc) is 3.24. The predicted octanol–water partition coefficient (Wildman–Crippen LogP) is 5.09. The van der Waals surface area contributed by atoms with Gasteiger partial charge in [0, 0.05) is 24.5 Å². The molecule has 1 saturated heterocycles. The third-order valence-corrected chi connectivity index (χ3v) is 6.10. The molecule has 1 atom stereocenters. The molecule has 2 aromatic carbocycles. The third-order valence-electron chi connectivity index (χ3n) is 6.10. The Bertz CT molecular complexity index is 999. The molecule has 2 aliphatic heterocycles. The molecular formula is C26H28N2O2. The Hall–Kier alpha value is -2.85. The van der Waals surface area contributed by atoms with Crippen molar-refractivity contribution in [2.24, 2.45) is 0 Å². The highest BCUT2D eigenvalue weighted by atomic mass is 16.6. The molecule has 0 amide bonds. The van der Waals surface area contributed by atoms with E-state index < -0.39 is 0 Å². The van der Waals surface area contributed by atoms with E-state index in [-0.39, 0.29) is 0 Å². The molecule has 4 heteroatoms. The molecule has 3 aromatic rings. The number of ether oxygens (including phenoxy) is 2. The first-order valence-corrected chi connectivity index (χ1v) is 10.9. The molecule has 1 fully saturated rings. The molecule has 0 N–H and O–H groups in total. The van der Waals surface area contributed by atoms with E-state index in [0.29, 0.717) is 19.3 Å². The third kappa shape index (κ3) is 4.19. The Morgan fingerprint density at radius 3 is 2.47 bits per heavy atom. The van der Waals surface area contributed by atoms with Gasteiger partial charge in [-0.05, 0) is 73.2 Å². The second kappa shape index (κ2) is 8.49. The van der Waals surface area contributed by atoms with Crippen molar-refractivity contribution in [1.29, 1.82) is 0 Å². The van der Waals surface area contributed by atoms with Crippen LogP contribution in [0.1, 0.15) is 46.8 Å². The highest BCUT2D eigenvalue weighted by Gasteiger charge is 2.27. The van der Waals surface area contributed by atoms with Crippen LogP contribution in [0.2, 0.25) is 0 Å². The fourth-order valence-electron chi connectivity index (χ4n) is 4.50. The fraction of sp³-hybridized carbons (Fsp3) is 0.346. The summed E-state index contributed by atoms with van der Waals surface area (Å²) in [6.07, 6.45) is 5.33. The minimum Gasteiger partial charge on any atom is -0.486 e. The number of nitrogens with zero attached hydrogens (tertiary/aromatic N) is 2. The van der Waals surface area contributed by atoms with Gasteiger partial charge in [0.1, 0.15) is 13.2 Å². The molecule has 2 aliphatic rings. The molecule has 0 spiro atoms. The van der Waals surface area contributed by atoms with Gasteiger partial charge in [0.05, 0.1) is 0 Å². The van der Waals surface area contributed by atoms with Crippen LogP contribution in [0.3, 0.4) is 0 Å². The molecule has 0 saturated carbocycles. The number of likely N-dealkylation sites (tertiary alicyclic amines) is 1. The smallest absolute Gasteiger partial charge is 0.161 e. The van der Waals surface area contributed by atoms with E-state index in [9.17, 15) is 0 Å². The first kappa shape index (κ1) is 19.1. The summed E-state index contributed by atoms with van der Waals surface area (Å²) in [5.74, 6) is 1.76. The molecule has 30 heavy (non-hydrogen) atoms. The number of aryl methyl sites for hydroxylation is 1. The van der Waals surface area contributed by atoms with Crippen LogP contribution >= 0.6 is 0 Å². The maximum Gasteiger partial charge on any atom is 0.161 e. The molecule has 0 radical (unpaired) electrons.